The molecular weight excluding hydrogens is 190 g/mol. The molecule has 0 aromatic heterocycles. The molecule has 0 amide bonds. The van der Waals surface area contributed by atoms with Crippen molar-refractivity contribution in [3.8, 4) is 0 Å². The van der Waals surface area contributed by atoms with Crippen LogP contribution in [0.2, 0.25) is 0 Å². The van der Waals surface area contributed by atoms with Crippen molar-refractivity contribution in [2.75, 3.05) is 20.3 Å². The summed E-state index contributed by atoms with van der Waals surface area (Å²) in [5, 5.41) is 0. The molecule has 0 bridgehead atoms. The van der Waals surface area contributed by atoms with Gasteiger partial charge in [0, 0.05) is 26.1 Å². The van der Waals surface area contributed by atoms with Gasteiger partial charge in [-0.25, -0.2) is 0 Å². The van der Waals surface area contributed by atoms with E-state index in [-0.39, 0.29) is 5.92 Å². The van der Waals surface area contributed by atoms with Gasteiger partial charge in [0.15, 0.2) is 0 Å². The first kappa shape index (κ1) is 14.6. The van der Waals surface area contributed by atoms with Gasteiger partial charge in [0.1, 0.15) is 5.78 Å². The van der Waals surface area contributed by atoms with Crippen molar-refractivity contribution >= 4 is 5.78 Å². The van der Waals surface area contributed by atoms with Crippen LogP contribution in [0.3, 0.4) is 0 Å². The zero-order valence-corrected chi connectivity index (χ0v) is 10.3. The zero-order chi connectivity index (χ0) is 11.7. The summed E-state index contributed by atoms with van der Waals surface area (Å²) in [5.41, 5.74) is 5.46. The third-order valence-electron chi connectivity index (χ3n) is 2.85. The molecule has 0 saturated carbocycles. The van der Waals surface area contributed by atoms with Gasteiger partial charge >= 0.3 is 0 Å². The molecule has 0 aliphatic heterocycles. The highest BCUT2D eigenvalue weighted by atomic mass is 16.5. The van der Waals surface area contributed by atoms with E-state index < -0.39 is 0 Å². The smallest absolute Gasteiger partial charge is 0.135 e. The fourth-order valence-corrected chi connectivity index (χ4v) is 1.52. The number of hydrogen-bond donors (Lipinski definition) is 1. The number of ether oxygens (including phenoxy) is 1. The van der Waals surface area contributed by atoms with E-state index in [2.05, 4.69) is 6.92 Å². The highest BCUT2D eigenvalue weighted by Gasteiger charge is 2.13. The Balaban J connectivity index is 3.63. The molecule has 0 radical (unpaired) electrons. The van der Waals surface area contributed by atoms with Crippen molar-refractivity contribution in [3.63, 3.8) is 0 Å². The lowest BCUT2D eigenvalue weighted by molar-refractivity contribution is -0.123. The summed E-state index contributed by atoms with van der Waals surface area (Å²) in [6, 6.07) is 0. The van der Waals surface area contributed by atoms with Crippen molar-refractivity contribution in [1.82, 2.24) is 0 Å². The third kappa shape index (κ3) is 7.51. The van der Waals surface area contributed by atoms with Gasteiger partial charge in [0.25, 0.3) is 0 Å². The molecule has 0 fully saturated rings. The second-order valence-electron chi connectivity index (χ2n) is 4.37. The van der Waals surface area contributed by atoms with Crippen molar-refractivity contribution < 1.29 is 9.53 Å². The average Bonchev–Trinajstić information content (AvgIpc) is 2.22. The Hall–Kier alpha value is -0.410. The molecule has 2 N–H and O–H groups in total. The van der Waals surface area contributed by atoms with Crippen molar-refractivity contribution in [2.24, 2.45) is 17.6 Å². The average molecular weight is 215 g/mol. The molecule has 0 saturated heterocycles. The fourth-order valence-electron chi connectivity index (χ4n) is 1.52. The SMILES string of the molecule is COCCC(C)C(=O)CCC(C)CCN. The van der Waals surface area contributed by atoms with Gasteiger partial charge in [0.05, 0.1) is 0 Å². The molecule has 15 heavy (non-hydrogen) atoms. The van der Waals surface area contributed by atoms with Crippen LogP contribution in [0.15, 0.2) is 0 Å². The minimum absolute atomic E-state index is 0.134. The van der Waals surface area contributed by atoms with Crippen LogP contribution in [0.25, 0.3) is 0 Å². The normalized spacial score (nSPS) is 14.9. The largest absolute Gasteiger partial charge is 0.385 e. The maximum Gasteiger partial charge on any atom is 0.135 e. The summed E-state index contributed by atoms with van der Waals surface area (Å²) in [4.78, 5) is 11.7. The van der Waals surface area contributed by atoms with E-state index in [0.29, 0.717) is 31.3 Å². The Bertz CT molecular complexity index is 171. The lowest BCUT2D eigenvalue weighted by Crippen LogP contribution is -2.15. The van der Waals surface area contributed by atoms with E-state index in [1.165, 1.54) is 0 Å². The molecule has 0 rings (SSSR count). The maximum absolute atomic E-state index is 11.7. The van der Waals surface area contributed by atoms with Gasteiger partial charge in [-0.15, -0.1) is 0 Å². The van der Waals surface area contributed by atoms with Crippen LogP contribution >= 0.6 is 0 Å². The summed E-state index contributed by atoms with van der Waals surface area (Å²) >= 11 is 0. The lowest BCUT2D eigenvalue weighted by atomic mass is 9.94. The van der Waals surface area contributed by atoms with Crippen LogP contribution in [0.4, 0.5) is 0 Å². The van der Waals surface area contributed by atoms with E-state index in [9.17, 15) is 4.79 Å². The number of ketones is 1. The molecule has 3 nitrogen and oxygen atoms in total. The molecule has 0 spiro atoms. The number of Topliss-reactive ketones (excluding diaryl/α,β-unsaturated/α-hetero) is 1. The first-order chi connectivity index (χ1) is 7.11. The number of methoxy groups -OCH3 is 1. The molecular formula is C12H25NO2. The van der Waals surface area contributed by atoms with Gasteiger partial charge < -0.3 is 10.5 Å². The topological polar surface area (TPSA) is 52.3 Å². The van der Waals surface area contributed by atoms with Crippen LogP contribution in [-0.4, -0.2) is 26.0 Å². The standard InChI is InChI=1S/C12H25NO2/c1-10(6-8-13)4-5-12(14)11(2)7-9-15-3/h10-11H,4-9,13H2,1-3H3. The van der Waals surface area contributed by atoms with E-state index in [4.69, 9.17) is 10.5 Å². The number of nitrogens with two attached hydrogens (primary N) is 1. The van der Waals surface area contributed by atoms with E-state index in [1.807, 2.05) is 6.92 Å². The van der Waals surface area contributed by atoms with Gasteiger partial charge in [-0.2, -0.15) is 0 Å². The highest BCUT2D eigenvalue weighted by Crippen LogP contribution is 2.14. The molecule has 3 heteroatoms. The second-order valence-corrected chi connectivity index (χ2v) is 4.37. The minimum atomic E-state index is 0.134. The summed E-state index contributed by atoms with van der Waals surface area (Å²) in [6.07, 6.45) is 3.50. The van der Waals surface area contributed by atoms with Crippen LogP contribution < -0.4 is 5.73 Å². The third-order valence-corrected chi connectivity index (χ3v) is 2.85. The van der Waals surface area contributed by atoms with Gasteiger partial charge in [0.2, 0.25) is 0 Å². The van der Waals surface area contributed by atoms with E-state index in [0.717, 1.165) is 19.3 Å². The Morgan fingerprint density at radius 2 is 1.93 bits per heavy atom. The Morgan fingerprint density at radius 1 is 1.27 bits per heavy atom. The summed E-state index contributed by atoms with van der Waals surface area (Å²) in [6.45, 7) is 5.52. The summed E-state index contributed by atoms with van der Waals surface area (Å²) in [7, 11) is 1.67. The van der Waals surface area contributed by atoms with Crippen LogP contribution in [-0.2, 0) is 9.53 Å². The molecule has 0 aromatic carbocycles. The predicted octanol–water partition coefficient (Wildman–Crippen LogP) is 1.99. The second kappa shape index (κ2) is 8.86. The molecule has 0 aliphatic rings. The van der Waals surface area contributed by atoms with E-state index >= 15 is 0 Å². The number of carbonyl (C=O) groups excluding carboxylic acids is 1. The van der Waals surface area contributed by atoms with Gasteiger partial charge in [-0.3, -0.25) is 4.79 Å². The summed E-state index contributed by atoms with van der Waals surface area (Å²) < 4.78 is 4.96. The summed E-state index contributed by atoms with van der Waals surface area (Å²) in [5.74, 6) is 1.06. The lowest BCUT2D eigenvalue weighted by Gasteiger charge is -2.12. The Morgan fingerprint density at radius 3 is 2.47 bits per heavy atom. The van der Waals surface area contributed by atoms with Crippen molar-refractivity contribution in [3.05, 3.63) is 0 Å². The number of hydrogen-bond acceptors (Lipinski definition) is 3. The van der Waals surface area contributed by atoms with Crippen molar-refractivity contribution in [2.45, 2.75) is 39.5 Å². The number of rotatable bonds is 9. The zero-order valence-electron chi connectivity index (χ0n) is 10.3. The first-order valence-electron chi connectivity index (χ1n) is 5.83. The van der Waals surface area contributed by atoms with Gasteiger partial charge in [-0.1, -0.05) is 13.8 Å². The quantitative estimate of drug-likeness (QED) is 0.640. The highest BCUT2D eigenvalue weighted by molar-refractivity contribution is 5.80. The number of carbonyl (C=O) groups is 1. The molecule has 0 aliphatic carbocycles. The molecule has 0 aromatic rings. The van der Waals surface area contributed by atoms with Crippen LogP contribution in [0, 0.1) is 11.8 Å². The molecule has 90 valence electrons. The van der Waals surface area contributed by atoms with Crippen LogP contribution in [0.5, 0.6) is 0 Å². The monoisotopic (exact) mass is 215 g/mol. The fraction of sp³-hybridized carbons (Fsp3) is 0.917. The maximum atomic E-state index is 11.7. The molecule has 0 heterocycles. The molecule has 2 atom stereocenters. The predicted molar refractivity (Wildman–Crippen MR) is 62.7 cm³/mol. The minimum Gasteiger partial charge on any atom is -0.385 e. The van der Waals surface area contributed by atoms with Crippen molar-refractivity contribution in [1.29, 1.82) is 0 Å². The van der Waals surface area contributed by atoms with Crippen LogP contribution in [0.1, 0.15) is 39.5 Å². The van der Waals surface area contributed by atoms with Gasteiger partial charge in [-0.05, 0) is 31.7 Å². The Labute approximate surface area is 93.4 Å². The van der Waals surface area contributed by atoms with E-state index in [1.54, 1.807) is 7.11 Å². The molecule has 2 unspecified atom stereocenters. The Kier molecular flexibility index (Phi) is 8.62. The first-order valence-corrected chi connectivity index (χ1v) is 5.83.